The average Bonchev–Trinajstić information content (AvgIpc) is 3.23. The molecule has 1 aromatic heterocycles. The number of fused-ring (bicyclic) bond motifs is 1. The number of hydrogen-bond donors (Lipinski definition) is 9. The summed E-state index contributed by atoms with van der Waals surface area (Å²) in [4.78, 5) is 74.7. The zero-order chi connectivity index (χ0) is 27.7. The molecule has 15 heteroatoms. The highest BCUT2D eigenvalue weighted by molar-refractivity contribution is 7.80. The summed E-state index contributed by atoms with van der Waals surface area (Å²) >= 11 is 4.02. The Balaban J connectivity index is 2.10. The normalized spacial score (nSPS) is 14.1. The molecule has 2 aromatic rings. The molecule has 37 heavy (non-hydrogen) atoms. The molecule has 0 radical (unpaired) electrons. The van der Waals surface area contributed by atoms with Gasteiger partial charge in [-0.05, 0) is 11.6 Å². The standard InChI is InChI=1S/C22H28N6O8S/c23-12(6-17(24)29)19(32)26-14(7-18(30)31)20(33)28-16(9-37)21(34)27-15(22(35)36)5-10-8-25-13-4-2-1-3-11(10)13/h1-4,8,12,14-16,25,37H,5-7,9,23H2,(H2,24,29)(H,26,32)(H,27,34)(H,28,33)(H,30,31)(H,35,36). The predicted octanol–water partition coefficient (Wildman–Crippen LogP) is -2.14. The first-order valence-electron chi connectivity index (χ1n) is 11.0. The Kier molecular flexibility index (Phi) is 10.4. The largest absolute Gasteiger partial charge is 0.481 e. The van der Waals surface area contributed by atoms with Crippen LogP contribution >= 0.6 is 12.6 Å². The molecule has 0 aliphatic heterocycles. The van der Waals surface area contributed by atoms with Crippen LogP contribution in [0.4, 0.5) is 0 Å². The van der Waals surface area contributed by atoms with Crippen LogP contribution in [0.15, 0.2) is 30.5 Å². The number of hydrogen-bond acceptors (Lipinski definition) is 8. The number of aromatic nitrogens is 1. The number of amides is 4. The van der Waals surface area contributed by atoms with E-state index in [4.69, 9.17) is 16.6 Å². The molecule has 0 bridgehead atoms. The lowest BCUT2D eigenvalue weighted by atomic mass is 10.0. The third kappa shape index (κ3) is 8.50. The van der Waals surface area contributed by atoms with Crippen LogP contribution in [0.2, 0.25) is 0 Å². The van der Waals surface area contributed by atoms with Crippen molar-refractivity contribution < 1.29 is 39.0 Å². The lowest BCUT2D eigenvalue weighted by Gasteiger charge is -2.23. The number of carboxylic acid groups (broad SMARTS) is 2. The fraction of sp³-hybridized carbons (Fsp3) is 0.364. The van der Waals surface area contributed by atoms with Crippen LogP contribution in [0.25, 0.3) is 10.9 Å². The second-order valence-electron chi connectivity index (χ2n) is 8.14. The van der Waals surface area contributed by atoms with Crippen LogP contribution in [0, 0.1) is 0 Å². The van der Waals surface area contributed by atoms with E-state index in [2.05, 4.69) is 33.6 Å². The van der Waals surface area contributed by atoms with Crippen molar-refractivity contribution in [2.75, 3.05) is 5.75 Å². The van der Waals surface area contributed by atoms with E-state index < -0.39 is 72.6 Å². The van der Waals surface area contributed by atoms with E-state index in [1.807, 2.05) is 12.1 Å². The molecule has 10 N–H and O–H groups in total. The number of nitrogens with two attached hydrogens (primary N) is 2. The number of carboxylic acids is 2. The highest BCUT2D eigenvalue weighted by Crippen LogP contribution is 2.19. The summed E-state index contributed by atoms with van der Waals surface area (Å²) in [7, 11) is 0. The second kappa shape index (κ2) is 13.3. The van der Waals surface area contributed by atoms with Crippen molar-refractivity contribution in [2.24, 2.45) is 11.5 Å². The van der Waals surface area contributed by atoms with Crippen LogP contribution in [0.1, 0.15) is 18.4 Å². The van der Waals surface area contributed by atoms with Crippen molar-refractivity contribution in [3.63, 3.8) is 0 Å². The van der Waals surface area contributed by atoms with Gasteiger partial charge in [-0.1, -0.05) is 18.2 Å². The number of H-pyrrole nitrogens is 1. The molecule has 1 aromatic carbocycles. The Morgan fingerprint density at radius 2 is 1.49 bits per heavy atom. The SMILES string of the molecule is NC(=O)CC(N)C(=O)NC(CC(=O)O)C(=O)NC(CS)C(=O)NC(Cc1c[nH]c2ccccc12)C(=O)O. The van der Waals surface area contributed by atoms with E-state index in [0.29, 0.717) is 5.56 Å². The first kappa shape index (κ1) is 29.1. The van der Waals surface area contributed by atoms with E-state index in [9.17, 15) is 33.9 Å². The average molecular weight is 537 g/mol. The molecule has 200 valence electrons. The maximum atomic E-state index is 12.8. The zero-order valence-electron chi connectivity index (χ0n) is 19.5. The van der Waals surface area contributed by atoms with Crippen LogP contribution in [-0.2, 0) is 35.2 Å². The van der Waals surface area contributed by atoms with E-state index in [-0.39, 0.29) is 12.2 Å². The minimum Gasteiger partial charge on any atom is -0.481 e. The highest BCUT2D eigenvalue weighted by atomic mass is 32.1. The molecule has 4 atom stereocenters. The number of para-hydroxylation sites is 1. The number of carbonyl (C=O) groups is 6. The third-order valence-corrected chi connectivity index (χ3v) is 5.66. The van der Waals surface area contributed by atoms with Gasteiger partial charge in [-0.15, -0.1) is 0 Å². The molecule has 0 spiro atoms. The quantitative estimate of drug-likeness (QED) is 0.119. The lowest BCUT2D eigenvalue weighted by molar-refractivity contribution is -0.143. The van der Waals surface area contributed by atoms with Crippen molar-refractivity contribution in [1.82, 2.24) is 20.9 Å². The second-order valence-corrected chi connectivity index (χ2v) is 8.51. The van der Waals surface area contributed by atoms with Gasteiger partial charge in [0.05, 0.1) is 18.9 Å². The minimum atomic E-state index is -1.65. The van der Waals surface area contributed by atoms with Crippen LogP contribution in [0.5, 0.6) is 0 Å². The molecular weight excluding hydrogens is 508 g/mol. The maximum absolute atomic E-state index is 12.8. The number of nitrogens with one attached hydrogen (secondary N) is 4. The van der Waals surface area contributed by atoms with Crippen molar-refractivity contribution >= 4 is 59.1 Å². The molecule has 0 saturated heterocycles. The van der Waals surface area contributed by atoms with Crippen molar-refractivity contribution in [2.45, 2.75) is 43.4 Å². The van der Waals surface area contributed by atoms with Gasteiger partial charge in [0, 0.05) is 29.3 Å². The van der Waals surface area contributed by atoms with E-state index in [1.165, 1.54) is 0 Å². The van der Waals surface area contributed by atoms with Gasteiger partial charge in [0.2, 0.25) is 23.6 Å². The van der Waals surface area contributed by atoms with Gasteiger partial charge in [-0.2, -0.15) is 12.6 Å². The lowest BCUT2D eigenvalue weighted by Crippen LogP contribution is -2.58. The zero-order valence-corrected chi connectivity index (χ0v) is 20.4. The Bertz CT molecular complexity index is 1180. The molecule has 1 heterocycles. The van der Waals surface area contributed by atoms with E-state index in [0.717, 1.165) is 10.9 Å². The number of carbonyl (C=O) groups excluding carboxylic acids is 4. The maximum Gasteiger partial charge on any atom is 0.326 e. The van der Waals surface area contributed by atoms with Gasteiger partial charge in [-0.25, -0.2) is 4.79 Å². The molecule has 0 fully saturated rings. The third-order valence-electron chi connectivity index (χ3n) is 5.30. The van der Waals surface area contributed by atoms with Crippen LogP contribution in [-0.4, -0.2) is 80.7 Å². The molecular formula is C22H28N6O8S. The molecule has 4 unspecified atom stereocenters. The van der Waals surface area contributed by atoms with Gasteiger partial charge in [-0.3, -0.25) is 24.0 Å². The smallest absolute Gasteiger partial charge is 0.326 e. The summed E-state index contributed by atoms with van der Waals surface area (Å²) in [5.41, 5.74) is 11.9. The van der Waals surface area contributed by atoms with Crippen molar-refractivity contribution in [3.05, 3.63) is 36.0 Å². The Labute approximate surface area is 215 Å². The number of aliphatic carboxylic acids is 2. The number of benzene rings is 1. The van der Waals surface area contributed by atoms with Crippen LogP contribution < -0.4 is 27.4 Å². The molecule has 0 aliphatic rings. The van der Waals surface area contributed by atoms with Gasteiger partial charge in [0.1, 0.15) is 18.1 Å². The highest BCUT2D eigenvalue weighted by Gasteiger charge is 2.31. The monoisotopic (exact) mass is 536 g/mol. The van der Waals surface area contributed by atoms with Gasteiger partial charge >= 0.3 is 11.9 Å². The molecule has 2 rings (SSSR count). The topological polar surface area (TPSA) is 247 Å². The number of aromatic amines is 1. The Morgan fingerprint density at radius 1 is 0.892 bits per heavy atom. The number of rotatable bonds is 14. The Hall–Kier alpha value is -4.11. The van der Waals surface area contributed by atoms with E-state index >= 15 is 0 Å². The van der Waals surface area contributed by atoms with Gasteiger partial charge in [0.15, 0.2) is 0 Å². The summed E-state index contributed by atoms with van der Waals surface area (Å²) < 4.78 is 0. The van der Waals surface area contributed by atoms with Crippen molar-refractivity contribution in [3.8, 4) is 0 Å². The number of thiol groups is 1. The minimum absolute atomic E-state index is 0.0617. The summed E-state index contributed by atoms with van der Waals surface area (Å²) in [6, 6.07) is 1.41. The van der Waals surface area contributed by atoms with Crippen LogP contribution in [0.3, 0.4) is 0 Å². The van der Waals surface area contributed by atoms with E-state index in [1.54, 1.807) is 18.3 Å². The number of primary amides is 1. The summed E-state index contributed by atoms with van der Waals surface area (Å²) in [6.45, 7) is 0. The molecule has 4 amide bonds. The van der Waals surface area contributed by atoms with Crippen molar-refractivity contribution in [1.29, 1.82) is 0 Å². The molecule has 0 aliphatic carbocycles. The first-order valence-corrected chi connectivity index (χ1v) is 11.6. The molecule has 0 saturated carbocycles. The van der Waals surface area contributed by atoms with Gasteiger partial charge < -0.3 is 42.6 Å². The summed E-state index contributed by atoms with van der Waals surface area (Å²) in [5.74, 6) is -6.86. The predicted molar refractivity (Wildman–Crippen MR) is 133 cm³/mol. The summed E-state index contributed by atoms with van der Waals surface area (Å²) in [5, 5.41) is 26.2. The molecule has 14 nitrogen and oxygen atoms in total. The Morgan fingerprint density at radius 3 is 2.08 bits per heavy atom. The van der Waals surface area contributed by atoms with Gasteiger partial charge in [0.25, 0.3) is 0 Å². The summed E-state index contributed by atoms with van der Waals surface area (Å²) in [6.07, 6.45) is 0.169. The fourth-order valence-electron chi connectivity index (χ4n) is 3.43. The first-order chi connectivity index (χ1) is 17.4. The fourth-order valence-corrected chi connectivity index (χ4v) is 3.69.